The smallest absolute Gasteiger partial charge is 0.224 e. The summed E-state index contributed by atoms with van der Waals surface area (Å²) in [7, 11) is 0. The summed E-state index contributed by atoms with van der Waals surface area (Å²) in [5, 5.41) is 6.84. The largest absolute Gasteiger partial charge is 0.354 e. The molecule has 7 nitrogen and oxygen atoms in total. The molecule has 2 amide bonds. The first-order valence-corrected chi connectivity index (χ1v) is 6.69. The maximum atomic E-state index is 12.1. The molecule has 1 saturated heterocycles. The third-order valence-electron chi connectivity index (χ3n) is 3.33. The second-order valence-electron chi connectivity index (χ2n) is 4.77. The Labute approximate surface area is 117 Å². The zero-order valence-corrected chi connectivity index (χ0v) is 11.4. The van der Waals surface area contributed by atoms with E-state index in [-0.39, 0.29) is 17.7 Å². The first-order chi connectivity index (χ1) is 9.70. The molecular weight excluding hydrogens is 258 g/mol. The minimum Gasteiger partial charge on any atom is -0.354 e. The van der Waals surface area contributed by atoms with E-state index in [9.17, 15) is 9.59 Å². The van der Waals surface area contributed by atoms with Gasteiger partial charge in [-0.25, -0.2) is 4.98 Å². The molecule has 1 atom stereocenters. The molecule has 1 N–H and O–H groups in total. The zero-order chi connectivity index (χ0) is 14.4. The lowest BCUT2D eigenvalue weighted by molar-refractivity contribution is -0.137. The summed E-state index contributed by atoms with van der Waals surface area (Å²) in [5.74, 6) is -0.0494. The number of carbonyl (C=O) groups is 2. The molecule has 1 aliphatic rings. The number of carbonyl (C=O) groups excluding carboxylic acids is 2. The van der Waals surface area contributed by atoms with Crippen LogP contribution in [0.4, 0.5) is 0 Å². The summed E-state index contributed by atoms with van der Waals surface area (Å²) in [6.07, 6.45) is 5.79. The van der Waals surface area contributed by atoms with E-state index in [4.69, 9.17) is 0 Å². The van der Waals surface area contributed by atoms with Crippen LogP contribution in [0.3, 0.4) is 0 Å². The van der Waals surface area contributed by atoms with Gasteiger partial charge in [0.2, 0.25) is 11.8 Å². The van der Waals surface area contributed by atoms with Gasteiger partial charge < -0.3 is 10.2 Å². The van der Waals surface area contributed by atoms with Gasteiger partial charge in [0, 0.05) is 26.1 Å². The molecule has 0 saturated carbocycles. The Morgan fingerprint density at radius 3 is 3.15 bits per heavy atom. The van der Waals surface area contributed by atoms with Gasteiger partial charge >= 0.3 is 0 Å². The Morgan fingerprint density at radius 1 is 1.60 bits per heavy atom. The number of hydrogen-bond donors (Lipinski definition) is 1. The summed E-state index contributed by atoms with van der Waals surface area (Å²) in [5.41, 5.74) is 0. The number of piperidine rings is 1. The number of amides is 2. The molecule has 20 heavy (non-hydrogen) atoms. The normalized spacial score (nSPS) is 18.9. The molecule has 0 radical (unpaired) electrons. The highest BCUT2D eigenvalue weighted by atomic mass is 16.2. The fraction of sp³-hybridized carbons (Fsp3) is 0.538. The van der Waals surface area contributed by atoms with Gasteiger partial charge in [-0.15, -0.1) is 6.58 Å². The van der Waals surface area contributed by atoms with Crippen LogP contribution in [0, 0.1) is 5.92 Å². The Hall–Kier alpha value is -2.18. The number of hydrogen-bond acceptors (Lipinski definition) is 4. The minimum atomic E-state index is -0.136. The van der Waals surface area contributed by atoms with Crippen LogP contribution in [0.25, 0.3) is 0 Å². The van der Waals surface area contributed by atoms with Gasteiger partial charge in [0.25, 0.3) is 0 Å². The highest BCUT2D eigenvalue weighted by molar-refractivity contribution is 5.83. The Balaban J connectivity index is 1.77. The van der Waals surface area contributed by atoms with Gasteiger partial charge in [-0.2, -0.15) is 5.10 Å². The molecule has 0 aromatic carbocycles. The van der Waals surface area contributed by atoms with E-state index in [0.29, 0.717) is 39.0 Å². The number of rotatable bonds is 6. The van der Waals surface area contributed by atoms with Crippen LogP contribution >= 0.6 is 0 Å². The summed E-state index contributed by atoms with van der Waals surface area (Å²) in [4.78, 5) is 29.2. The van der Waals surface area contributed by atoms with Crippen molar-refractivity contribution in [1.29, 1.82) is 0 Å². The molecule has 1 aromatic heterocycles. The van der Waals surface area contributed by atoms with E-state index in [0.717, 1.165) is 0 Å². The SMILES string of the molecule is C=CCN1C[C@H](C(=O)NCCn2cncn2)CCC1=O. The molecule has 1 fully saturated rings. The van der Waals surface area contributed by atoms with Gasteiger partial charge in [-0.05, 0) is 6.42 Å². The Bertz CT molecular complexity index is 471. The van der Waals surface area contributed by atoms with Crippen LogP contribution in [-0.4, -0.2) is 51.1 Å². The van der Waals surface area contributed by atoms with Crippen LogP contribution < -0.4 is 5.32 Å². The molecule has 0 bridgehead atoms. The highest BCUT2D eigenvalue weighted by Gasteiger charge is 2.29. The molecule has 1 aliphatic heterocycles. The van der Waals surface area contributed by atoms with Crippen LogP contribution in [0.2, 0.25) is 0 Å². The van der Waals surface area contributed by atoms with E-state index < -0.39 is 0 Å². The molecule has 0 aliphatic carbocycles. The summed E-state index contributed by atoms with van der Waals surface area (Å²) in [6, 6.07) is 0. The maximum absolute atomic E-state index is 12.1. The van der Waals surface area contributed by atoms with Crippen molar-refractivity contribution in [1.82, 2.24) is 25.0 Å². The van der Waals surface area contributed by atoms with Crippen molar-refractivity contribution < 1.29 is 9.59 Å². The second-order valence-corrected chi connectivity index (χ2v) is 4.77. The first-order valence-electron chi connectivity index (χ1n) is 6.69. The van der Waals surface area contributed by atoms with Crippen molar-refractivity contribution in [3.8, 4) is 0 Å². The van der Waals surface area contributed by atoms with Crippen molar-refractivity contribution in [2.45, 2.75) is 19.4 Å². The number of nitrogens with one attached hydrogen (secondary N) is 1. The summed E-state index contributed by atoms with van der Waals surface area (Å²) in [6.45, 7) is 5.70. The van der Waals surface area contributed by atoms with E-state index in [2.05, 4.69) is 22.0 Å². The fourth-order valence-corrected chi connectivity index (χ4v) is 2.25. The molecule has 0 spiro atoms. The average Bonchev–Trinajstić information content (AvgIpc) is 2.94. The molecule has 108 valence electrons. The van der Waals surface area contributed by atoms with Crippen molar-refractivity contribution in [2.24, 2.45) is 5.92 Å². The monoisotopic (exact) mass is 277 g/mol. The maximum Gasteiger partial charge on any atom is 0.224 e. The van der Waals surface area contributed by atoms with Gasteiger partial charge in [0.05, 0.1) is 12.5 Å². The Morgan fingerprint density at radius 2 is 2.45 bits per heavy atom. The van der Waals surface area contributed by atoms with Crippen molar-refractivity contribution in [2.75, 3.05) is 19.6 Å². The van der Waals surface area contributed by atoms with Gasteiger partial charge in [0.1, 0.15) is 12.7 Å². The molecule has 7 heteroatoms. The molecule has 2 rings (SSSR count). The standard InChI is InChI=1S/C13H19N5O2/c1-2-6-17-8-11(3-4-12(17)19)13(20)15-5-7-18-10-14-9-16-18/h2,9-11H,1,3-8H2,(H,15,20)/t11-/m1/s1. The quantitative estimate of drug-likeness (QED) is 0.731. The van der Waals surface area contributed by atoms with Gasteiger partial charge in [0.15, 0.2) is 0 Å². The van der Waals surface area contributed by atoms with Crippen molar-refractivity contribution >= 4 is 11.8 Å². The second kappa shape index (κ2) is 6.83. The predicted octanol–water partition coefficient (Wildman–Crippen LogP) is -0.181. The predicted molar refractivity (Wildman–Crippen MR) is 72.5 cm³/mol. The third kappa shape index (κ3) is 3.66. The lowest BCUT2D eigenvalue weighted by atomic mass is 9.96. The fourth-order valence-electron chi connectivity index (χ4n) is 2.25. The van der Waals surface area contributed by atoms with E-state index in [1.807, 2.05) is 0 Å². The molecular formula is C13H19N5O2. The van der Waals surface area contributed by atoms with Crippen molar-refractivity contribution in [3.05, 3.63) is 25.3 Å². The van der Waals surface area contributed by atoms with Crippen LogP contribution in [-0.2, 0) is 16.1 Å². The average molecular weight is 277 g/mol. The zero-order valence-electron chi connectivity index (χ0n) is 11.4. The highest BCUT2D eigenvalue weighted by Crippen LogP contribution is 2.17. The number of likely N-dealkylation sites (tertiary alicyclic amines) is 1. The number of nitrogens with zero attached hydrogens (tertiary/aromatic N) is 4. The molecule has 2 heterocycles. The lowest BCUT2D eigenvalue weighted by Crippen LogP contribution is -2.46. The van der Waals surface area contributed by atoms with Crippen LogP contribution in [0.5, 0.6) is 0 Å². The minimum absolute atomic E-state index is 0.00771. The summed E-state index contributed by atoms with van der Waals surface area (Å²) < 4.78 is 1.66. The van der Waals surface area contributed by atoms with Crippen LogP contribution in [0.1, 0.15) is 12.8 Å². The van der Waals surface area contributed by atoms with Crippen molar-refractivity contribution in [3.63, 3.8) is 0 Å². The van der Waals surface area contributed by atoms with E-state index in [1.165, 1.54) is 6.33 Å². The first kappa shape index (κ1) is 14.2. The number of aromatic nitrogens is 3. The van der Waals surface area contributed by atoms with E-state index >= 15 is 0 Å². The molecule has 0 unspecified atom stereocenters. The van der Waals surface area contributed by atoms with Gasteiger partial charge in [-0.1, -0.05) is 6.08 Å². The lowest BCUT2D eigenvalue weighted by Gasteiger charge is -2.31. The Kier molecular flexibility index (Phi) is 4.86. The van der Waals surface area contributed by atoms with E-state index in [1.54, 1.807) is 22.0 Å². The summed E-state index contributed by atoms with van der Waals surface area (Å²) >= 11 is 0. The third-order valence-corrected chi connectivity index (χ3v) is 3.33. The molecule has 1 aromatic rings. The van der Waals surface area contributed by atoms with Gasteiger partial charge in [-0.3, -0.25) is 14.3 Å². The topological polar surface area (TPSA) is 80.1 Å². The van der Waals surface area contributed by atoms with Crippen LogP contribution in [0.15, 0.2) is 25.3 Å².